The largest absolute Gasteiger partial charge is 0.395 e. The first-order valence-corrected chi connectivity index (χ1v) is 6.50. The molecule has 0 aromatic carbocycles. The summed E-state index contributed by atoms with van der Waals surface area (Å²) >= 11 is 0. The molecule has 0 saturated heterocycles. The second-order valence-corrected chi connectivity index (χ2v) is 4.95. The predicted octanol–water partition coefficient (Wildman–Crippen LogP) is 2.95. The molecule has 0 aromatic rings. The van der Waals surface area contributed by atoms with Crippen molar-refractivity contribution in [1.29, 1.82) is 0 Å². The standard InChI is InChI=1S/C13H29NO/c1-5-7-12(8-6-2)14-13(10-15)9-11(3)4/h11-15H,5-10H2,1-4H3. The highest BCUT2D eigenvalue weighted by Gasteiger charge is 2.14. The number of aliphatic hydroxyl groups is 1. The van der Waals surface area contributed by atoms with Crippen LogP contribution < -0.4 is 5.32 Å². The van der Waals surface area contributed by atoms with Crippen LogP contribution in [0.1, 0.15) is 59.8 Å². The highest BCUT2D eigenvalue weighted by molar-refractivity contribution is 4.74. The third kappa shape index (κ3) is 7.80. The van der Waals surface area contributed by atoms with Gasteiger partial charge in [0.1, 0.15) is 0 Å². The van der Waals surface area contributed by atoms with Crippen LogP contribution in [0, 0.1) is 5.92 Å². The van der Waals surface area contributed by atoms with Crippen molar-refractivity contribution in [2.45, 2.75) is 71.9 Å². The summed E-state index contributed by atoms with van der Waals surface area (Å²) in [4.78, 5) is 0. The monoisotopic (exact) mass is 215 g/mol. The minimum atomic E-state index is 0.266. The van der Waals surface area contributed by atoms with Gasteiger partial charge < -0.3 is 10.4 Å². The van der Waals surface area contributed by atoms with Gasteiger partial charge in [0.15, 0.2) is 0 Å². The van der Waals surface area contributed by atoms with Gasteiger partial charge in [-0.25, -0.2) is 0 Å². The van der Waals surface area contributed by atoms with Crippen molar-refractivity contribution >= 4 is 0 Å². The number of rotatable bonds is 9. The zero-order valence-corrected chi connectivity index (χ0v) is 10.9. The van der Waals surface area contributed by atoms with Crippen molar-refractivity contribution in [3.05, 3.63) is 0 Å². The Labute approximate surface area is 95.5 Å². The van der Waals surface area contributed by atoms with E-state index in [1.54, 1.807) is 0 Å². The molecular weight excluding hydrogens is 186 g/mol. The van der Waals surface area contributed by atoms with Crippen molar-refractivity contribution in [3.63, 3.8) is 0 Å². The summed E-state index contributed by atoms with van der Waals surface area (Å²) in [6.07, 6.45) is 5.96. The Bertz CT molecular complexity index is 130. The molecule has 2 heteroatoms. The minimum absolute atomic E-state index is 0.266. The molecule has 2 nitrogen and oxygen atoms in total. The highest BCUT2D eigenvalue weighted by Crippen LogP contribution is 2.10. The van der Waals surface area contributed by atoms with Gasteiger partial charge >= 0.3 is 0 Å². The smallest absolute Gasteiger partial charge is 0.0584 e. The Hall–Kier alpha value is -0.0800. The summed E-state index contributed by atoms with van der Waals surface area (Å²) < 4.78 is 0. The van der Waals surface area contributed by atoms with E-state index < -0.39 is 0 Å². The van der Waals surface area contributed by atoms with E-state index in [9.17, 15) is 5.11 Å². The molecule has 0 radical (unpaired) electrons. The lowest BCUT2D eigenvalue weighted by Crippen LogP contribution is -2.41. The fourth-order valence-corrected chi connectivity index (χ4v) is 2.11. The van der Waals surface area contributed by atoms with Crippen molar-refractivity contribution in [2.75, 3.05) is 6.61 Å². The summed E-state index contributed by atoms with van der Waals surface area (Å²) in [6.45, 7) is 9.13. The van der Waals surface area contributed by atoms with Gasteiger partial charge in [0.05, 0.1) is 6.61 Å². The zero-order chi connectivity index (χ0) is 11.7. The number of nitrogens with one attached hydrogen (secondary N) is 1. The molecule has 1 unspecified atom stereocenters. The van der Waals surface area contributed by atoms with Crippen LogP contribution in [-0.4, -0.2) is 23.8 Å². The van der Waals surface area contributed by atoms with Crippen LogP contribution >= 0.6 is 0 Å². The normalized spacial score (nSPS) is 13.8. The van der Waals surface area contributed by atoms with Crippen LogP contribution in [0.4, 0.5) is 0 Å². The summed E-state index contributed by atoms with van der Waals surface area (Å²) in [5, 5.41) is 12.9. The second kappa shape index (κ2) is 9.17. The van der Waals surface area contributed by atoms with Crippen molar-refractivity contribution < 1.29 is 5.11 Å². The summed E-state index contributed by atoms with van der Waals surface area (Å²) in [6, 6.07) is 0.879. The second-order valence-electron chi connectivity index (χ2n) is 4.95. The molecule has 0 aromatic heterocycles. The van der Waals surface area contributed by atoms with E-state index in [0.29, 0.717) is 12.0 Å². The maximum Gasteiger partial charge on any atom is 0.0584 e. The molecule has 0 fully saturated rings. The quantitative estimate of drug-likeness (QED) is 0.620. The fraction of sp³-hybridized carbons (Fsp3) is 1.00. The van der Waals surface area contributed by atoms with Gasteiger partial charge in [0, 0.05) is 12.1 Å². The van der Waals surface area contributed by atoms with E-state index in [1.165, 1.54) is 25.7 Å². The van der Waals surface area contributed by atoms with Crippen molar-refractivity contribution in [3.8, 4) is 0 Å². The van der Waals surface area contributed by atoms with E-state index in [2.05, 4.69) is 33.0 Å². The molecule has 92 valence electrons. The fourth-order valence-electron chi connectivity index (χ4n) is 2.11. The lowest BCUT2D eigenvalue weighted by molar-refractivity contribution is 0.207. The van der Waals surface area contributed by atoms with Crippen LogP contribution in [0.2, 0.25) is 0 Å². The molecule has 1 atom stereocenters. The van der Waals surface area contributed by atoms with Crippen LogP contribution in [0.25, 0.3) is 0 Å². The van der Waals surface area contributed by atoms with Gasteiger partial charge in [-0.1, -0.05) is 40.5 Å². The van der Waals surface area contributed by atoms with Gasteiger partial charge in [-0.3, -0.25) is 0 Å². The number of hydrogen-bond donors (Lipinski definition) is 2. The Morgan fingerprint density at radius 2 is 1.53 bits per heavy atom. The number of aliphatic hydroxyl groups excluding tert-OH is 1. The van der Waals surface area contributed by atoms with Crippen LogP contribution in [0.3, 0.4) is 0 Å². The van der Waals surface area contributed by atoms with E-state index in [4.69, 9.17) is 0 Å². The van der Waals surface area contributed by atoms with Crippen molar-refractivity contribution in [1.82, 2.24) is 5.32 Å². The molecule has 0 bridgehead atoms. The minimum Gasteiger partial charge on any atom is -0.395 e. The van der Waals surface area contributed by atoms with Crippen LogP contribution in [0.5, 0.6) is 0 Å². The first-order valence-electron chi connectivity index (χ1n) is 6.50. The lowest BCUT2D eigenvalue weighted by atomic mass is 10.0. The highest BCUT2D eigenvalue weighted by atomic mass is 16.3. The molecule has 0 spiro atoms. The van der Waals surface area contributed by atoms with Gasteiger partial charge in [-0.2, -0.15) is 0 Å². The average molecular weight is 215 g/mol. The van der Waals surface area contributed by atoms with E-state index >= 15 is 0 Å². The molecule has 0 aliphatic rings. The third-order valence-electron chi connectivity index (χ3n) is 2.72. The van der Waals surface area contributed by atoms with E-state index in [1.807, 2.05) is 0 Å². The Morgan fingerprint density at radius 3 is 1.87 bits per heavy atom. The van der Waals surface area contributed by atoms with Gasteiger partial charge in [-0.15, -0.1) is 0 Å². The summed E-state index contributed by atoms with van der Waals surface area (Å²) in [5.41, 5.74) is 0. The van der Waals surface area contributed by atoms with E-state index in [-0.39, 0.29) is 12.6 Å². The Balaban J connectivity index is 3.96. The maximum absolute atomic E-state index is 9.30. The topological polar surface area (TPSA) is 32.3 Å². The Kier molecular flexibility index (Phi) is 9.12. The van der Waals surface area contributed by atoms with Crippen LogP contribution in [-0.2, 0) is 0 Å². The third-order valence-corrected chi connectivity index (χ3v) is 2.72. The molecule has 0 heterocycles. The average Bonchev–Trinajstić information content (AvgIpc) is 2.16. The zero-order valence-electron chi connectivity index (χ0n) is 10.9. The molecule has 0 aliphatic carbocycles. The molecule has 0 saturated carbocycles. The van der Waals surface area contributed by atoms with Crippen molar-refractivity contribution in [2.24, 2.45) is 5.92 Å². The van der Waals surface area contributed by atoms with Crippen LogP contribution in [0.15, 0.2) is 0 Å². The first kappa shape index (κ1) is 14.9. The maximum atomic E-state index is 9.30. The number of hydrogen-bond acceptors (Lipinski definition) is 2. The predicted molar refractivity (Wildman–Crippen MR) is 67.1 cm³/mol. The van der Waals surface area contributed by atoms with Gasteiger partial charge in [0.2, 0.25) is 0 Å². The van der Waals surface area contributed by atoms with Gasteiger partial charge in [-0.05, 0) is 25.2 Å². The first-order chi connectivity index (χ1) is 7.13. The molecule has 15 heavy (non-hydrogen) atoms. The molecule has 2 N–H and O–H groups in total. The summed E-state index contributed by atoms with van der Waals surface area (Å²) in [7, 11) is 0. The molecule has 0 amide bonds. The molecule has 0 rings (SSSR count). The van der Waals surface area contributed by atoms with E-state index in [0.717, 1.165) is 6.42 Å². The SMILES string of the molecule is CCCC(CCC)NC(CO)CC(C)C. The van der Waals surface area contributed by atoms with Gasteiger partial charge in [0.25, 0.3) is 0 Å². The molecule has 0 aliphatic heterocycles. The Morgan fingerprint density at radius 1 is 1.00 bits per heavy atom. The molecular formula is C13H29NO. The summed E-state index contributed by atoms with van der Waals surface area (Å²) in [5.74, 6) is 0.651. The lowest BCUT2D eigenvalue weighted by Gasteiger charge is -2.25.